The van der Waals surface area contributed by atoms with Crippen molar-refractivity contribution >= 4 is 29.1 Å². The van der Waals surface area contributed by atoms with Crippen molar-refractivity contribution in [3.8, 4) is 17.2 Å². The van der Waals surface area contributed by atoms with Crippen LogP contribution in [-0.2, 0) is 9.59 Å². The first-order valence-electron chi connectivity index (χ1n) is 12.6. The van der Waals surface area contributed by atoms with E-state index in [1.807, 2.05) is 6.92 Å². The molecule has 1 atom stereocenters. The van der Waals surface area contributed by atoms with Crippen LogP contribution in [0.5, 0.6) is 17.2 Å². The van der Waals surface area contributed by atoms with E-state index in [2.05, 4.69) is 13.8 Å². The van der Waals surface area contributed by atoms with Gasteiger partial charge in [-0.25, -0.2) is 0 Å². The molecule has 0 aliphatic carbocycles. The summed E-state index contributed by atoms with van der Waals surface area (Å²) in [5.74, 6) is -0.681. The van der Waals surface area contributed by atoms with Gasteiger partial charge in [0, 0.05) is 24.1 Å². The molecule has 37 heavy (non-hydrogen) atoms. The predicted octanol–water partition coefficient (Wildman–Crippen LogP) is 2.29. The zero-order valence-electron chi connectivity index (χ0n) is 22.1. The second kappa shape index (κ2) is 12.8. The van der Waals surface area contributed by atoms with E-state index in [1.54, 1.807) is 30.3 Å². The summed E-state index contributed by atoms with van der Waals surface area (Å²) in [7, 11) is 3.03. The molecule has 1 N–H and O–H groups in total. The van der Waals surface area contributed by atoms with Crippen molar-refractivity contribution < 1.29 is 33.8 Å². The molecular formula is C28H35ClN2O6. The van der Waals surface area contributed by atoms with E-state index in [1.165, 1.54) is 30.1 Å². The van der Waals surface area contributed by atoms with E-state index in [4.69, 9.17) is 25.8 Å². The zero-order chi connectivity index (χ0) is 27.1. The quantitative estimate of drug-likeness (QED) is 0.257. The summed E-state index contributed by atoms with van der Waals surface area (Å²) in [6.07, 6.45) is 0.676. The smallest absolute Gasteiger partial charge is 0.295 e. The fraction of sp³-hybridized carbons (Fsp3) is 0.429. The lowest BCUT2D eigenvalue weighted by Crippen LogP contribution is -3.11. The summed E-state index contributed by atoms with van der Waals surface area (Å²) in [4.78, 5) is 29.5. The van der Waals surface area contributed by atoms with Gasteiger partial charge in [-0.3, -0.25) is 9.59 Å². The van der Waals surface area contributed by atoms with Gasteiger partial charge in [-0.15, -0.1) is 0 Å². The number of ether oxygens (including phenoxy) is 3. The van der Waals surface area contributed by atoms with Crippen molar-refractivity contribution in [1.82, 2.24) is 4.90 Å². The Balaban J connectivity index is 2.14. The lowest BCUT2D eigenvalue weighted by atomic mass is 9.94. The molecule has 0 saturated carbocycles. The maximum Gasteiger partial charge on any atom is 0.295 e. The van der Waals surface area contributed by atoms with Gasteiger partial charge in [0.25, 0.3) is 5.91 Å². The molecule has 1 heterocycles. The first-order valence-corrected chi connectivity index (χ1v) is 12.9. The molecule has 0 spiro atoms. The highest BCUT2D eigenvalue weighted by Gasteiger charge is 2.45. The predicted molar refractivity (Wildman–Crippen MR) is 140 cm³/mol. The molecule has 9 heteroatoms. The van der Waals surface area contributed by atoms with Gasteiger partial charge < -0.3 is 29.1 Å². The third-order valence-electron chi connectivity index (χ3n) is 6.68. The van der Waals surface area contributed by atoms with Crippen LogP contribution in [0.3, 0.4) is 0 Å². The van der Waals surface area contributed by atoms with Crippen LogP contribution in [0.4, 0.5) is 0 Å². The maximum absolute atomic E-state index is 13.8. The number of methoxy groups -OCH3 is 2. The minimum Gasteiger partial charge on any atom is -0.872 e. The first-order chi connectivity index (χ1) is 17.8. The average molecular weight is 531 g/mol. The molecule has 1 amide bonds. The molecule has 200 valence electrons. The van der Waals surface area contributed by atoms with Gasteiger partial charge in [0.1, 0.15) is 17.2 Å². The maximum atomic E-state index is 13.8. The summed E-state index contributed by atoms with van der Waals surface area (Å²) in [5, 5.41) is 14.0. The second-order valence-electron chi connectivity index (χ2n) is 8.72. The average Bonchev–Trinajstić information content (AvgIpc) is 3.16. The van der Waals surface area contributed by atoms with E-state index in [9.17, 15) is 14.7 Å². The highest BCUT2D eigenvalue weighted by atomic mass is 35.5. The molecule has 0 radical (unpaired) electrons. The molecule has 3 rings (SSSR count). The third-order valence-corrected chi connectivity index (χ3v) is 6.98. The Hall–Kier alpha value is -3.23. The Bertz CT molecular complexity index is 1160. The Morgan fingerprint density at radius 2 is 1.73 bits per heavy atom. The molecular weight excluding hydrogens is 496 g/mol. The monoisotopic (exact) mass is 530 g/mol. The number of hydrogen-bond acceptors (Lipinski definition) is 6. The van der Waals surface area contributed by atoms with Crippen molar-refractivity contribution in [2.45, 2.75) is 33.2 Å². The van der Waals surface area contributed by atoms with Crippen LogP contribution in [0.1, 0.15) is 44.4 Å². The van der Waals surface area contributed by atoms with Crippen LogP contribution in [0.25, 0.3) is 5.76 Å². The number of carbonyl (C=O) groups excluding carboxylic acids is 2. The summed E-state index contributed by atoms with van der Waals surface area (Å²) >= 11 is 6.33. The third kappa shape index (κ3) is 6.02. The number of Topliss-reactive ketones (excluding diaryl/α,β-unsaturated/α-hetero) is 1. The second-order valence-corrected chi connectivity index (χ2v) is 9.13. The number of rotatable bonds is 12. The topological polar surface area (TPSA) is 92.6 Å². The van der Waals surface area contributed by atoms with Crippen LogP contribution < -0.4 is 24.2 Å². The van der Waals surface area contributed by atoms with Crippen molar-refractivity contribution in [2.24, 2.45) is 0 Å². The molecule has 1 aliphatic rings. The summed E-state index contributed by atoms with van der Waals surface area (Å²) in [5.41, 5.74) is 0.578. The van der Waals surface area contributed by atoms with Crippen molar-refractivity contribution in [1.29, 1.82) is 0 Å². The number of carbonyl (C=O) groups is 2. The number of quaternary nitrogens is 1. The number of nitrogens with zero attached hydrogens (tertiary/aromatic N) is 1. The van der Waals surface area contributed by atoms with Crippen molar-refractivity contribution in [2.75, 3.05) is 47.0 Å². The molecule has 1 aliphatic heterocycles. The normalized spacial score (nSPS) is 16.9. The van der Waals surface area contributed by atoms with Crippen LogP contribution in [0, 0.1) is 0 Å². The molecule has 0 bridgehead atoms. The van der Waals surface area contributed by atoms with E-state index >= 15 is 0 Å². The van der Waals surface area contributed by atoms with E-state index in [0.29, 0.717) is 42.4 Å². The SMILES string of the molecule is CCOc1ccc(C([O-])=C2C(=O)C(=O)N(CCC[NH+](CC)CC)C2c2cc(OC)ccc2OC)cc1Cl. The lowest BCUT2D eigenvalue weighted by Gasteiger charge is -2.29. The van der Waals surface area contributed by atoms with E-state index in [-0.39, 0.29) is 16.2 Å². The largest absolute Gasteiger partial charge is 0.872 e. The van der Waals surface area contributed by atoms with Gasteiger partial charge >= 0.3 is 0 Å². The first kappa shape index (κ1) is 28.3. The lowest BCUT2D eigenvalue weighted by molar-refractivity contribution is -0.896. The van der Waals surface area contributed by atoms with Gasteiger partial charge in [0.15, 0.2) is 0 Å². The highest BCUT2D eigenvalue weighted by Crippen LogP contribution is 2.43. The molecule has 8 nitrogen and oxygen atoms in total. The van der Waals surface area contributed by atoms with Crippen LogP contribution >= 0.6 is 11.6 Å². The molecule has 1 unspecified atom stereocenters. The Morgan fingerprint density at radius 1 is 1.03 bits per heavy atom. The van der Waals surface area contributed by atoms with Gasteiger partial charge in [0.05, 0.1) is 51.5 Å². The Morgan fingerprint density at radius 3 is 2.32 bits per heavy atom. The van der Waals surface area contributed by atoms with Gasteiger partial charge in [-0.1, -0.05) is 23.4 Å². The minimum absolute atomic E-state index is 0.132. The van der Waals surface area contributed by atoms with Crippen LogP contribution in [0.15, 0.2) is 42.0 Å². The fourth-order valence-electron chi connectivity index (χ4n) is 4.65. The number of ketones is 1. The van der Waals surface area contributed by atoms with Crippen LogP contribution in [0.2, 0.25) is 5.02 Å². The van der Waals surface area contributed by atoms with Crippen molar-refractivity contribution in [3.63, 3.8) is 0 Å². The molecule has 0 aromatic heterocycles. The molecule has 2 aromatic rings. The van der Waals surface area contributed by atoms with Crippen LogP contribution in [-0.4, -0.2) is 63.6 Å². The Kier molecular flexibility index (Phi) is 9.83. The summed E-state index contributed by atoms with van der Waals surface area (Å²) in [6, 6.07) is 8.82. The Labute approximate surface area is 223 Å². The van der Waals surface area contributed by atoms with Gasteiger partial charge in [-0.05, 0) is 56.7 Å². The van der Waals surface area contributed by atoms with E-state index in [0.717, 1.165) is 19.6 Å². The fourth-order valence-corrected chi connectivity index (χ4v) is 4.89. The minimum atomic E-state index is -0.922. The summed E-state index contributed by atoms with van der Waals surface area (Å²) in [6.45, 7) is 9.55. The number of amides is 1. The zero-order valence-corrected chi connectivity index (χ0v) is 22.8. The number of benzene rings is 2. The van der Waals surface area contributed by atoms with E-state index < -0.39 is 23.5 Å². The highest BCUT2D eigenvalue weighted by molar-refractivity contribution is 6.46. The van der Waals surface area contributed by atoms with Gasteiger partial charge in [0.2, 0.25) is 5.78 Å². The number of hydrogen-bond donors (Lipinski definition) is 1. The molecule has 1 fully saturated rings. The molecule has 1 saturated heterocycles. The standard InChI is InChI=1S/C28H35ClN2O6/c1-6-30(7-2)14-9-15-31-25(20-17-19(35-4)11-13-22(20)36-5)24(27(33)28(31)34)26(32)18-10-12-23(37-8-3)21(29)16-18/h10-13,16-17,25,32H,6-9,14-15H2,1-5H3. The number of likely N-dealkylation sites (tertiary alicyclic amines) is 1. The van der Waals surface area contributed by atoms with Crippen molar-refractivity contribution in [3.05, 3.63) is 58.1 Å². The number of halogens is 1. The number of nitrogens with one attached hydrogen (secondary N) is 1. The summed E-state index contributed by atoms with van der Waals surface area (Å²) < 4.78 is 16.5. The molecule has 2 aromatic carbocycles. The van der Waals surface area contributed by atoms with Gasteiger partial charge in [-0.2, -0.15) is 0 Å².